The molecule has 100 valence electrons. The summed E-state index contributed by atoms with van der Waals surface area (Å²) in [6.07, 6.45) is 0. The lowest BCUT2D eigenvalue weighted by Crippen LogP contribution is -2.14. The monoisotopic (exact) mass is 317 g/mol. The Balaban J connectivity index is 2.00. The third-order valence-corrected chi connectivity index (χ3v) is 3.85. The van der Waals surface area contributed by atoms with Crippen LogP contribution >= 0.6 is 15.9 Å². The van der Waals surface area contributed by atoms with Gasteiger partial charge in [0.2, 0.25) is 0 Å². The molecule has 0 heterocycles. The van der Waals surface area contributed by atoms with Gasteiger partial charge >= 0.3 is 0 Å². The Labute approximate surface area is 124 Å². The van der Waals surface area contributed by atoms with E-state index in [0.29, 0.717) is 0 Å². The van der Waals surface area contributed by atoms with Gasteiger partial charge in [-0.2, -0.15) is 0 Å². The highest BCUT2D eigenvalue weighted by Gasteiger charge is 2.03. The zero-order valence-corrected chi connectivity index (χ0v) is 13.3. The summed E-state index contributed by atoms with van der Waals surface area (Å²) in [5, 5.41) is 3.53. The minimum Gasteiger partial charge on any atom is -0.309 e. The maximum Gasteiger partial charge on any atom is 0.0213 e. The van der Waals surface area contributed by atoms with Crippen LogP contribution in [0.25, 0.3) is 0 Å². The molecule has 0 aromatic heterocycles. The molecule has 2 heteroatoms. The van der Waals surface area contributed by atoms with Crippen molar-refractivity contribution < 1.29 is 0 Å². The topological polar surface area (TPSA) is 12.0 Å². The summed E-state index contributed by atoms with van der Waals surface area (Å²) in [6, 6.07) is 12.9. The van der Waals surface area contributed by atoms with Crippen LogP contribution in [0.1, 0.15) is 27.8 Å². The third kappa shape index (κ3) is 3.92. The Kier molecular flexibility index (Phi) is 4.78. The van der Waals surface area contributed by atoms with E-state index in [1.165, 1.54) is 27.8 Å². The maximum absolute atomic E-state index is 3.53. The zero-order valence-electron chi connectivity index (χ0n) is 11.8. The second-order valence-electron chi connectivity index (χ2n) is 5.11. The fraction of sp³-hybridized carbons (Fsp3) is 0.294. The lowest BCUT2D eigenvalue weighted by molar-refractivity contribution is 0.687. The molecule has 1 N–H and O–H groups in total. The number of benzene rings is 2. The van der Waals surface area contributed by atoms with E-state index in [4.69, 9.17) is 0 Å². The average Bonchev–Trinajstić information content (AvgIpc) is 2.32. The van der Waals surface area contributed by atoms with Crippen LogP contribution in [-0.4, -0.2) is 0 Å². The largest absolute Gasteiger partial charge is 0.309 e. The molecule has 0 aliphatic heterocycles. The molecule has 0 saturated heterocycles. The van der Waals surface area contributed by atoms with E-state index in [1.54, 1.807) is 0 Å². The first-order chi connectivity index (χ1) is 9.06. The number of rotatable bonds is 4. The van der Waals surface area contributed by atoms with Crippen LogP contribution in [0.15, 0.2) is 40.9 Å². The lowest BCUT2D eigenvalue weighted by atomic mass is 10.00. The van der Waals surface area contributed by atoms with E-state index >= 15 is 0 Å². The molecule has 0 unspecified atom stereocenters. The molecule has 0 fully saturated rings. The lowest BCUT2D eigenvalue weighted by Gasteiger charge is -2.12. The van der Waals surface area contributed by atoms with Crippen LogP contribution in [-0.2, 0) is 13.1 Å². The molecule has 2 rings (SSSR count). The zero-order chi connectivity index (χ0) is 13.8. The minimum atomic E-state index is 0.895. The van der Waals surface area contributed by atoms with Gasteiger partial charge in [-0.1, -0.05) is 45.8 Å². The summed E-state index contributed by atoms with van der Waals surface area (Å²) in [7, 11) is 0. The van der Waals surface area contributed by atoms with Gasteiger partial charge in [0.05, 0.1) is 0 Å². The molecule has 0 amide bonds. The minimum absolute atomic E-state index is 0.895. The second-order valence-corrected chi connectivity index (χ2v) is 6.03. The van der Waals surface area contributed by atoms with Crippen molar-refractivity contribution in [3.63, 3.8) is 0 Å². The van der Waals surface area contributed by atoms with Gasteiger partial charge in [0.1, 0.15) is 0 Å². The van der Waals surface area contributed by atoms with E-state index in [0.717, 1.165) is 17.6 Å². The second kappa shape index (κ2) is 6.36. The SMILES string of the molecule is Cc1cc(C)c(CNCc2cccc(Br)c2)c(C)c1. The van der Waals surface area contributed by atoms with Crippen molar-refractivity contribution in [2.75, 3.05) is 0 Å². The van der Waals surface area contributed by atoms with Crippen LogP contribution < -0.4 is 5.32 Å². The third-order valence-electron chi connectivity index (χ3n) is 3.36. The number of hydrogen-bond donors (Lipinski definition) is 1. The van der Waals surface area contributed by atoms with Gasteiger partial charge in [0.25, 0.3) is 0 Å². The first-order valence-electron chi connectivity index (χ1n) is 6.58. The smallest absolute Gasteiger partial charge is 0.0213 e. The summed E-state index contributed by atoms with van der Waals surface area (Å²) >= 11 is 3.50. The van der Waals surface area contributed by atoms with Gasteiger partial charge in [-0.25, -0.2) is 0 Å². The highest BCUT2D eigenvalue weighted by molar-refractivity contribution is 9.10. The van der Waals surface area contributed by atoms with Crippen LogP contribution in [0.4, 0.5) is 0 Å². The van der Waals surface area contributed by atoms with E-state index in [9.17, 15) is 0 Å². The molecule has 0 bridgehead atoms. The molecule has 0 atom stereocenters. The average molecular weight is 318 g/mol. The van der Waals surface area contributed by atoms with Crippen molar-refractivity contribution in [3.8, 4) is 0 Å². The highest BCUT2D eigenvalue weighted by atomic mass is 79.9. The molecular weight excluding hydrogens is 298 g/mol. The van der Waals surface area contributed by atoms with Crippen LogP contribution in [0.5, 0.6) is 0 Å². The van der Waals surface area contributed by atoms with Gasteiger partial charge in [0, 0.05) is 17.6 Å². The molecule has 0 aliphatic carbocycles. The molecule has 0 radical (unpaired) electrons. The van der Waals surface area contributed by atoms with Crippen LogP contribution in [0.2, 0.25) is 0 Å². The Bertz CT molecular complexity index is 552. The first-order valence-corrected chi connectivity index (χ1v) is 7.37. The maximum atomic E-state index is 3.53. The van der Waals surface area contributed by atoms with E-state index < -0.39 is 0 Å². The molecule has 1 nitrogen and oxygen atoms in total. The fourth-order valence-corrected chi connectivity index (χ4v) is 2.91. The van der Waals surface area contributed by atoms with Crippen molar-refractivity contribution in [2.24, 2.45) is 0 Å². The standard InChI is InChI=1S/C17H20BrN/c1-12-7-13(2)17(14(3)8-12)11-19-10-15-5-4-6-16(18)9-15/h4-9,19H,10-11H2,1-3H3. The van der Waals surface area contributed by atoms with E-state index in [-0.39, 0.29) is 0 Å². The normalized spacial score (nSPS) is 10.7. The Hall–Kier alpha value is -1.12. The summed E-state index contributed by atoms with van der Waals surface area (Å²) in [6.45, 7) is 8.35. The molecule has 0 spiro atoms. The number of nitrogens with one attached hydrogen (secondary N) is 1. The quantitative estimate of drug-likeness (QED) is 0.864. The number of hydrogen-bond acceptors (Lipinski definition) is 1. The Morgan fingerprint density at radius 1 is 0.947 bits per heavy atom. The summed E-state index contributed by atoms with van der Waals surface area (Å²) in [5.41, 5.74) is 6.81. The summed E-state index contributed by atoms with van der Waals surface area (Å²) < 4.78 is 1.13. The predicted molar refractivity (Wildman–Crippen MR) is 85.3 cm³/mol. The van der Waals surface area contributed by atoms with Crippen molar-refractivity contribution in [3.05, 3.63) is 68.7 Å². The van der Waals surface area contributed by atoms with Gasteiger partial charge in [-0.15, -0.1) is 0 Å². The first kappa shape index (κ1) is 14.3. The van der Waals surface area contributed by atoms with Gasteiger partial charge in [0.15, 0.2) is 0 Å². The Morgan fingerprint density at radius 2 is 1.63 bits per heavy atom. The molecule has 19 heavy (non-hydrogen) atoms. The van der Waals surface area contributed by atoms with Gasteiger partial charge in [-0.3, -0.25) is 0 Å². The molecular formula is C17H20BrN. The number of halogens is 1. The molecule has 0 aliphatic rings. The van der Waals surface area contributed by atoms with E-state index in [1.807, 2.05) is 0 Å². The van der Waals surface area contributed by atoms with Crippen molar-refractivity contribution >= 4 is 15.9 Å². The molecule has 2 aromatic carbocycles. The highest BCUT2D eigenvalue weighted by Crippen LogP contribution is 2.16. The Morgan fingerprint density at radius 3 is 2.26 bits per heavy atom. The predicted octanol–water partition coefficient (Wildman–Crippen LogP) is 4.66. The number of aryl methyl sites for hydroxylation is 3. The molecule has 2 aromatic rings. The molecule has 0 saturated carbocycles. The van der Waals surface area contributed by atoms with Crippen LogP contribution in [0, 0.1) is 20.8 Å². The fourth-order valence-electron chi connectivity index (χ4n) is 2.47. The van der Waals surface area contributed by atoms with E-state index in [2.05, 4.69) is 78.4 Å². The van der Waals surface area contributed by atoms with Gasteiger partial charge < -0.3 is 5.32 Å². The summed E-state index contributed by atoms with van der Waals surface area (Å²) in [5.74, 6) is 0. The van der Waals surface area contributed by atoms with Crippen molar-refractivity contribution in [2.45, 2.75) is 33.9 Å². The van der Waals surface area contributed by atoms with Crippen molar-refractivity contribution in [1.29, 1.82) is 0 Å². The van der Waals surface area contributed by atoms with Crippen LogP contribution in [0.3, 0.4) is 0 Å². The van der Waals surface area contributed by atoms with Gasteiger partial charge in [-0.05, 0) is 55.2 Å². The summed E-state index contributed by atoms with van der Waals surface area (Å²) in [4.78, 5) is 0. The van der Waals surface area contributed by atoms with Crippen molar-refractivity contribution in [1.82, 2.24) is 5.32 Å².